The third-order valence-electron chi connectivity index (χ3n) is 5.36. The van der Waals surface area contributed by atoms with E-state index in [0.29, 0.717) is 0 Å². The molecule has 2 fully saturated rings. The van der Waals surface area contributed by atoms with Gasteiger partial charge in [0.05, 0.1) is 11.6 Å². The summed E-state index contributed by atoms with van der Waals surface area (Å²) in [4.78, 5) is 0. The summed E-state index contributed by atoms with van der Waals surface area (Å²) in [7, 11) is 0. The van der Waals surface area contributed by atoms with Gasteiger partial charge in [-0.05, 0) is 52.7 Å². The molecule has 0 amide bonds. The summed E-state index contributed by atoms with van der Waals surface area (Å²) in [6.07, 6.45) is 4.80. The molecular weight excluding hydrogens is 194 g/mol. The van der Waals surface area contributed by atoms with E-state index in [1.807, 2.05) is 6.07 Å². The van der Waals surface area contributed by atoms with Crippen LogP contribution in [-0.4, -0.2) is 0 Å². The SMILES string of the molecule is N#Cc1cccc2c1[C@H]1[C@H]3[C@@H]2[C@H]2C=C[C@@H]2[C@H]13. The standard InChI is InChI=1S/C15H11N/c16-6-7-2-1-3-10-11(7)14-13-9-5-4-8(9)12(10)15(13)14/h1-5,8-9,12-15H/t8-,9-,12+,13+,14+,15-/m0/s1. The van der Waals surface area contributed by atoms with Gasteiger partial charge in [-0.2, -0.15) is 5.26 Å². The summed E-state index contributed by atoms with van der Waals surface area (Å²) < 4.78 is 0. The van der Waals surface area contributed by atoms with Crippen molar-refractivity contribution in [3.8, 4) is 6.07 Å². The molecule has 1 aromatic rings. The van der Waals surface area contributed by atoms with E-state index >= 15 is 0 Å². The molecule has 0 saturated heterocycles. The topological polar surface area (TPSA) is 23.8 Å². The van der Waals surface area contributed by atoms with E-state index in [1.165, 1.54) is 11.1 Å². The molecule has 1 heteroatoms. The Hall–Kier alpha value is -1.55. The van der Waals surface area contributed by atoms with Crippen molar-refractivity contribution in [1.82, 2.24) is 0 Å². The molecule has 0 bridgehead atoms. The molecule has 2 saturated carbocycles. The van der Waals surface area contributed by atoms with Gasteiger partial charge in [0.2, 0.25) is 0 Å². The Kier molecular flexibility index (Phi) is 1.01. The lowest BCUT2D eigenvalue weighted by molar-refractivity contribution is 0.398. The van der Waals surface area contributed by atoms with Crippen LogP contribution in [0.15, 0.2) is 30.4 Å². The molecule has 76 valence electrons. The lowest BCUT2D eigenvalue weighted by atomic mass is 9.76. The molecule has 0 aromatic heterocycles. The molecule has 0 unspecified atom stereocenters. The first-order chi connectivity index (χ1) is 7.92. The van der Waals surface area contributed by atoms with Crippen LogP contribution in [0.5, 0.6) is 0 Å². The first-order valence-corrected chi connectivity index (χ1v) is 6.13. The van der Waals surface area contributed by atoms with Crippen molar-refractivity contribution >= 4 is 0 Å². The zero-order valence-electron chi connectivity index (χ0n) is 8.80. The first-order valence-electron chi connectivity index (χ1n) is 6.13. The predicted molar refractivity (Wildman–Crippen MR) is 59.7 cm³/mol. The summed E-state index contributed by atoms with van der Waals surface area (Å²) in [5, 5.41) is 9.21. The van der Waals surface area contributed by atoms with Crippen LogP contribution in [0.4, 0.5) is 0 Å². The van der Waals surface area contributed by atoms with E-state index in [0.717, 1.165) is 41.1 Å². The Morgan fingerprint density at radius 1 is 1.00 bits per heavy atom. The Balaban J connectivity index is 1.80. The van der Waals surface area contributed by atoms with Crippen LogP contribution in [0.3, 0.4) is 0 Å². The quantitative estimate of drug-likeness (QED) is 0.597. The molecule has 0 spiro atoms. The van der Waals surface area contributed by atoms with Gasteiger partial charge < -0.3 is 0 Å². The van der Waals surface area contributed by atoms with Crippen LogP contribution in [0.1, 0.15) is 28.5 Å². The van der Waals surface area contributed by atoms with Gasteiger partial charge in [0.25, 0.3) is 0 Å². The van der Waals surface area contributed by atoms with Gasteiger partial charge in [-0.15, -0.1) is 0 Å². The van der Waals surface area contributed by atoms with Crippen molar-refractivity contribution in [2.75, 3.05) is 0 Å². The monoisotopic (exact) mass is 205 g/mol. The number of hydrogen-bond donors (Lipinski definition) is 0. The van der Waals surface area contributed by atoms with Crippen molar-refractivity contribution in [3.63, 3.8) is 0 Å². The lowest BCUT2D eigenvalue weighted by Gasteiger charge is -2.28. The second kappa shape index (κ2) is 2.11. The predicted octanol–water partition coefficient (Wildman–Crippen LogP) is 2.80. The van der Waals surface area contributed by atoms with Gasteiger partial charge in [0, 0.05) is 0 Å². The van der Waals surface area contributed by atoms with E-state index in [4.69, 9.17) is 0 Å². The Morgan fingerprint density at radius 2 is 1.88 bits per heavy atom. The van der Waals surface area contributed by atoms with E-state index in [-0.39, 0.29) is 0 Å². The second-order valence-electron chi connectivity index (χ2n) is 5.67. The van der Waals surface area contributed by atoms with E-state index in [1.54, 1.807) is 0 Å². The molecule has 4 aliphatic rings. The third kappa shape index (κ3) is 0.571. The molecule has 4 aliphatic carbocycles. The minimum Gasteiger partial charge on any atom is -0.192 e. The van der Waals surface area contributed by atoms with Crippen LogP contribution < -0.4 is 0 Å². The third-order valence-corrected chi connectivity index (χ3v) is 5.36. The minimum absolute atomic E-state index is 0.738. The maximum absolute atomic E-state index is 9.21. The maximum atomic E-state index is 9.21. The number of nitriles is 1. The van der Waals surface area contributed by atoms with Gasteiger partial charge in [-0.1, -0.05) is 24.3 Å². The molecule has 0 heterocycles. The fourth-order valence-corrected chi connectivity index (χ4v) is 4.83. The van der Waals surface area contributed by atoms with Crippen molar-refractivity contribution in [3.05, 3.63) is 47.0 Å². The second-order valence-corrected chi connectivity index (χ2v) is 5.67. The highest BCUT2D eigenvalue weighted by Crippen LogP contribution is 2.80. The Bertz CT molecular complexity index is 592. The normalized spacial score (nSPS) is 47.7. The summed E-state index contributed by atoms with van der Waals surface area (Å²) in [6.45, 7) is 0. The number of rotatable bonds is 0. The number of fused-ring (bicyclic) bond motifs is 7. The molecule has 1 nitrogen and oxygen atoms in total. The highest BCUT2D eigenvalue weighted by Gasteiger charge is 2.72. The fourth-order valence-electron chi connectivity index (χ4n) is 4.83. The largest absolute Gasteiger partial charge is 0.192 e. The highest BCUT2D eigenvalue weighted by atomic mass is 14.7. The van der Waals surface area contributed by atoms with E-state index in [9.17, 15) is 5.26 Å². The zero-order chi connectivity index (χ0) is 10.4. The Labute approximate surface area is 94.4 Å². The molecule has 5 rings (SSSR count). The average Bonchev–Trinajstić information content (AvgIpc) is 2.80. The van der Waals surface area contributed by atoms with E-state index < -0.39 is 0 Å². The van der Waals surface area contributed by atoms with Crippen LogP contribution in [0.2, 0.25) is 0 Å². The van der Waals surface area contributed by atoms with Gasteiger partial charge >= 0.3 is 0 Å². The highest BCUT2D eigenvalue weighted by molar-refractivity contribution is 5.59. The number of nitrogens with zero attached hydrogens (tertiary/aromatic N) is 1. The smallest absolute Gasteiger partial charge is 0.0994 e. The van der Waals surface area contributed by atoms with Crippen LogP contribution >= 0.6 is 0 Å². The summed E-state index contributed by atoms with van der Waals surface area (Å²) in [5.74, 6) is 4.92. The summed E-state index contributed by atoms with van der Waals surface area (Å²) in [6, 6.07) is 8.70. The van der Waals surface area contributed by atoms with Crippen molar-refractivity contribution in [1.29, 1.82) is 5.26 Å². The number of allylic oxidation sites excluding steroid dienone is 2. The first kappa shape index (κ1) is 7.68. The van der Waals surface area contributed by atoms with Gasteiger partial charge in [0.1, 0.15) is 0 Å². The molecular formula is C15H11N. The van der Waals surface area contributed by atoms with Crippen molar-refractivity contribution in [2.24, 2.45) is 23.7 Å². The van der Waals surface area contributed by atoms with Crippen LogP contribution in [0.25, 0.3) is 0 Å². The molecule has 0 radical (unpaired) electrons. The van der Waals surface area contributed by atoms with Gasteiger partial charge in [-0.25, -0.2) is 0 Å². The van der Waals surface area contributed by atoms with Crippen LogP contribution in [-0.2, 0) is 0 Å². The molecule has 0 N–H and O–H groups in total. The van der Waals surface area contributed by atoms with Gasteiger partial charge in [0.15, 0.2) is 0 Å². The molecule has 0 aliphatic heterocycles. The average molecular weight is 205 g/mol. The van der Waals surface area contributed by atoms with Crippen molar-refractivity contribution < 1.29 is 0 Å². The maximum Gasteiger partial charge on any atom is 0.0994 e. The summed E-state index contributed by atoms with van der Waals surface area (Å²) in [5.41, 5.74) is 3.86. The van der Waals surface area contributed by atoms with Crippen molar-refractivity contribution in [2.45, 2.75) is 11.8 Å². The van der Waals surface area contributed by atoms with E-state index in [2.05, 4.69) is 30.4 Å². The van der Waals surface area contributed by atoms with Gasteiger partial charge in [-0.3, -0.25) is 0 Å². The summed E-state index contributed by atoms with van der Waals surface area (Å²) >= 11 is 0. The van der Waals surface area contributed by atoms with Crippen LogP contribution in [0, 0.1) is 35.0 Å². The molecule has 16 heavy (non-hydrogen) atoms. The lowest BCUT2D eigenvalue weighted by Crippen LogP contribution is -2.19. The molecule has 1 aromatic carbocycles. The minimum atomic E-state index is 0.738. The fraction of sp³-hybridized carbons (Fsp3) is 0.400. The molecule has 6 atom stereocenters. The zero-order valence-corrected chi connectivity index (χ0v) is 8.80. The number of benzene rings is 1. The number of hydrogen-bond acceptors (Lipinski definition) is 1. The Morgan fingerprint density at radius 3 is 2.62 bits per heavy atom.